The molecule has 0 unspecified atom stereocenters. The lowest BCUT2D eigenvalue weighted by atomic mass is 10.0. The van der Waals surface area contributed by atoms with Gasteiger partial charge < -0.3 is 9.72 Å². The molecule has 0 amide bonds. The van der Waals surface area contributed by atoms with Gasteiger partial charge in [0.2, 0.25) is 0 Å². The van der Waals surface area contributed by atoms with E-state index in [1.165, 1.54) is 0 Å². The van der Waals surface area contributed by atoms with E-state index in [4.69, 9.17) is 4.74 Å². The van der Waals surface area contributed by atoms with Crippen molar-refractivity contribution in [1.29, 1.82) is 0 Å². The number of aromatic nitrogens is 1. The Morgan fingerprint density at radius 3 is 2.52 bits per heavy atom. The molecule has 0 aliphatic rings. The molecule has 0 atom stereocenters. The zero-order valence-electron chi connectivity index (χ0n) is 12.8. The van der Waals surface area contributed by atoms with E-state index in [0.717, 1.165) is 16.6 Å². The number of carbonyl (C=O) groups excluding carboxylic acids is 2. The van der Waals surface area contributed by atoms with E-state index in [2.05, 4.69) is 4.98 Å². The van der Waals surface area contributed by atoms with Gasteiger partial charge in [-0.2, -0.15) is 0 Å². The molecule has 0 saturated carbocycles. The second-order valence-corrected chi connectivity index (χ2v) is 5.31. The summed E-state index contributed by atoms with van der Waals surface area (Å²) >= 11 is 0. The van der Waals surface area contributed by atoms with Crippen LogP contribution in [-0.2, 0) is 16.1 Å². The summed E-state index contributed by atoms with van der Waals surface area (Å²) in [4.78, 5) is 26.9. The number of ketones is 1. The molecule has 0 radical (unpaired) electrons. The molecule has 2 aromatic carbocycles. The number of benzene rings is 2. The van der Waals surface area contributed by atoms with Crippen LogP contribution in [0.5, 0.6) is 0 Å². The first-order chi connectivity index (χ1) is 11.2. The fourth-order valence-corrected chi connectivity index (χ4v) is 2.43. The van der Waals surface area contributed by atoms with Crippen molar-refractivity contribution in [3.05, 3.63) is 71.4 Å². The Bertz CT molecular complexity index is 849. The van der Waals surface area contributed by atoms with Crippen molar-refractivity contribution in [3.63, 3.8) is 0 Å². The summed E-state index contributed by atoms with van der Waals surface area (Å²) in [6, 6.07) is 16.6. The standard InChI is InChI=1S/C19H17NO3/c1-2-18(21)23-12-16-11-15-10-14(8-9-17(15)20-16)19(22)13-6-4-3-5-7-13/h3-11,20H,2,12H2,1H3. The van der Waals surface area contributed by atoms with E-state index in [1.807, 2.05) is 36.4 Å². The molecule has 4 heteroatoms. The van der Waals surface area contributed by atoms with Crippen LogP contribution >= 0.6 is 0 Å². The quantitative estimate of drug-likeness (QED) is 0.575. The molecule has 3 aromatic rings. The van der Waals surface area contributed by atoms with Crippen molar-refractivity contribution < 1.29 is 14.3 Å². The number of rotatable bonds is 5. The highest BCUT2D eigenvalue weighted by Gasteiger charge is 2.10. The number of hydrogen-bond acceptors (Lipinski definition) is 3. The molecule has 23 heavy (non-hydrogen) atoms. The molecule has 0 fully saturated rings. The van der Waals surface area contributed by atoms with Crippen LogP contribution in [-0.4, -0.2) is 16.7 Å². The van der Waals surface area contributed by atoms with Crippen LogP contribution < -0.4 is 0 Å². The summed E-state index contributed by atoms with van der Waals surface area (Å²) in [7, 11) is 0. The Kier molecular flexibility index (Phi) is 4.24. The Morgan fingerprint density at radius 2 is 1.78 bits per heavy atom. The highest BCUT2D eigenvalue weighted by Crippen LogP contribution is 2.20. The smallest absolute Gasteiger partial charge is 0.305 e. The molecule has 1 aromatic heterocycles. The molecule has 4 nitrogen and oxygen atoms in total. The van der Waals surface area contributed by atoms with E-state index in [-0.39, 0.29) is 18.4 Å². The second kappa shape index (κ2) is 6.48. The first kappa shape index (κ1) is 15.0. The number of hydrogen-bond donors (Lipinski definition) is 1. The first-order valence-corrected chi connectivity index (χ1v) is 7.54. The third-order valence-corrected chi connectivity index (χ3v) is 3.65. The summed E-state index contributed by atoms with van der Waals surface area (Å²) in [5.41, 5.74) is 3.03. The van der Waals surface area contributed by atoms with E-state index < -0.39 is 0 Å². The van der Waals surface area contributed by atoms with Gasteiger partial charge in [-0.15, -0.1) is 0 Å². The van der Waals surface area contributed by atoms with Crippen molar-refractivity contribution in [2.75, 3.05) is 0 Å². The lowest BCUT2D eigenvalue weighted by Gasteiger charge is -2.01. The lowest BCUT2D eigenvalue weighted by Crippen LogP contribution is -2.02. The number of aromatic amines is 1. The topological polar surface area (TPSA) is 59.2 Å². The van der Waals surface area contributed by atoms with Crippen LogP contribution in [0.2, 0.25) is 0 Å². The number of nitrogens with one attached hydrogen (secondary N) is 1. The minimum absolute atomic E-state index is 0.00680. The Balaban J connectivity index is 1.84. The number of H-pyrrole nitrogens is 1. The van der Waals surface area contributed by atoms with Crippen molar-refractivity contribution in [2.24, 2.45) is 0 Å². The van der Waals surface area contributed by atoms with E-state index in [9.17, 15) is 9.59 Å². The SMILES string of the molecule is CCC(=O)OCc1cc2cc(C(=O)c3ccccc3)ccc2[nH]1. The predicted octanol–water partition coefficient (Wildman–Crippen LogP) is 3.85. The van der Waals surface area contributed by atoms with Crippen molar-refractivity contribution in [2.45, 2.75) is 20.0 Å². The van der Waals surface area contributed by atoms with Crippen LogP contribution in [0.3, 0.4) is 0 Å². The number of fused-ring (bicyclic) bond motifs is 1. The third kappa shape index (κ3) is 3.31. The van der Waals surface area contributed by atoms with E-state index >= 15 is 0 Å². The van der Waals surface area contributed by atoms with Crippen LogP contribution in [0, 0.1) is 0 Å². The van der Waals surface area contributed by atoms with E-state index in [1.54, 1.807) is 25.1 Å². The van der Waals surface area contributed by atoms with Crippen LogP contribution in [0.15, 0.2) is 54.6 Å². The summed E-state index contributed by atoms with van der Waals surface area (Å²) in [6.45, 7) is 1.97. The summed E-state index contributed by atoms with van der Waals surface area (Å²) in [6.07, 6.45) is 0.357. The molecule has 0 saturated heterocycles. The van der Waals surface area contributed by atoms with Crippen LogP contribution in [0.1, 0.15) is 35.0 Å². The Hall–Kier alpha value is -2.88. The highest BCUT2D eigenvalue weighted by atomic mass is 16.5. The van der Waals surface area contributed by atoms with Gasteiger partial charge in [0.15, 0.2) is 5.78 Å². The van der Waals surface area contributed by atoms with Crippen LogP contribution in [0.25, 0.3) is 10.9 Å². The maximum absolute atomic E-state index is 12.5. The Labute approximate surface area is 134 Å². The molecule has 1 heterocycles. The summed E-state index contributed by atoms with van der Waals surface area (Å²) < 4.78 is 5.12. The number of esters is 1. The molecule has 3 rings (SSSR count). The lowest BCUT2D eigenvalue weighted by molar-refractivity contribution is -0.144. The second-order valence-electron chi connectivity index (χ2n) is 5.31. The molecule has 0 bridgehead atoms. The maximum Gasteiger partial charge on any atom is 0.305 e. The largest absolute Gasteiger partial charge is 0.459 e. The van der Waals surface area contributed by atoms with Crippen molar-refractivity contribution >= 4 is 22.7 Å². The minimum Gasteiger partial charge on any atom is -0.459 e. The van der Waals surface area contributed by atoms with Gasteiger partial charge in [0, 0.05) is 28.5 Å². The van der Waals surface area contributed by atoms with Crippen LogP contribution in [0.4, 0.5) is 0 Å². The van der Waals surface area contributed by atoms with E-state index in [0.29, 0.717) is 17.5 Å². The predicted molar refractivity (Wildman–Crippen MR) is 88.3 cm³/mol. The van der Waals surface area contributed by atoms with Gasteiger partial charge in [0.05, 0.1) is 5.69 Å². The monoisotopic (exact) mass is 307 g/mol. The average Bonchev–Trinajstić information content (AvgIpc) is 3.01. The fraction of sp³-hybridized carbons (Fsp3) is 0.158. The molecule has 116 valence electrons. The highest BCUT2D eigenvalue weighted by molar-refractivity contribution is 6.10. The fourth-order valence-electron chi connectivity index (χ4n) is 2.43. The molecule has 0 aliphatic carbocycles. The van der Waals surface area contributed by atoms with Crippen molar-refractivity contribution in [1.82, 2.24) is 4.98 Å². The zero-order valence-corrected chi connectivity index (χ0v) is 12.8. The van der Waals surface area contributed by atoms with Gasteiger partial charge in [0.1, 0.15) is 6.61 Å². The first-order valence-electron chi connectivity index (χ1n) is 7.54. The van der Waals surface area contributed by atoms with Gasteiger partial charge in [-0.1, -0.05) is 37.3 Å². The molecular weight excluding hydrogens is 290 g/mol. The summed E-state index contributed by atoms with van der Waals surface area (Å²) in [5, 5.41) is 0.925. The van der Waals surface area contributed by atoms with Gasteiger partial charge in [-0.05, 0) is 24.3 Å². The van der Waals surface area contributed by atoms with Gasteiger partial charge in [-0.25, -0.2) is 0 Å². The molecule has 0 spiro atoms. The van der Waals surface area contributed by atoms with Gasteiger partial charge in [0.25, 0.3) is 0 Å². The molecule has 1 N–H and O–H groups in total. The normalized spacial score (nSPS) is 10.7. The van der Waals surface area contributed by atoms with Crippen molar-refractivity contribution in [3.8, 4) is 0 Å². The molecular formula is C19H17NO3. The number of carbonyl (C=O) groups is 2. The maximum atomic E-state index is 12.5. The third-order valence-electron chi connectivity index (χ3n) is 3.65. The zero-order chi connectivity index (χ0) is 16.2. The van der Waals surface area contributed by atoms with Gasteiger partial charge >= 0.3 is 5.97 Å². The minimum atomic E-state index is -0.233. The Morgan fingerprint density at radius 1 is 1.00 bits per heavy atom. The average molecular weight is 307 g/mol. The molecule has 0 aliphatic heterocycles. The summed E-state index contributed by atoms with van der Waals surface area (Å²) in [5.74, 6) is -0.240. The van der Waals surface area contributed by atoms with Gasteiger partial charge in [-0.3, -0.25) is 9.59 Å². The number of ether oxygens (including phenoxy) is 1.